The van der Waals surface area contributed by atoms with Gasteiger partial charge in [-0.1, -0.05) is 24.8 Å². The van der Waals surface area contributed by atoms with Crippen LogP contribution < -0.4 is 0 Å². The Morgan fingerprint density at radius 3 is 2.72 bits per heavy atom. The topological polar surface area (TPSA) is 26.3 Å². The summed E-state index contributed by atoms with van der Waals surface area (Å²) in [7, 11) is 0. The Balaban J connectivity index is 2.79. The van der Waals surface area contributed by atoms with Crippen LogP contribution in [0.1, 0.15) is 30.5 Å². The average Bonchev–Trinajstić information content (AvgIpc) is 2.29. The highest BCUT2D eigenvalue weighted by Gasteiger charge is 2.19. The minimum atomic E-state index is -0.391. The monoisotopic (exact) mass is 266 g/mol. The SMILES string of the molecule is C=CC(=O)OCCc1cccc(C(C)(C)Cl)c1C. The van der Waals surface area contributed by atoms with E-state index in [0.29, 0.717) is 13.0 Å². The number of hydrogen-bond donors (Lipinski definition) is 0. The largest absolute Gasteiger partial charge is 0.462 e. The van der Waals surface area contributed by atoms with Gasteiger partial charge >= 0.3 is 5.97 Å². The van der Waals surface area contributed by atoms with Gasteiger partial charge in [0, 0.05) is 12.5 Å². The summed E-state index contributed by atoms with van der Waals surface area (Å²) < 4.78 is 4.99. The van der Waals surface area contributed by atoms with Gasteiger partial charge in [-0.3, -0.25) is 0 Å². The van der Waals surface area contributed by atoms with E-state index < -0.39 is 4.87 Å². The van der Waals surface area contributed by atoms with Crippen molar-refractivity contribution in [2.45, 2.75) is 32.1 Å². The summed E-state index contributed by atoms with van der Waals surface area (Å²) in [6.07, 6.45) is 1.86. The highest BCUT2D eigenvalue weighted by Crippen LogP contribution is 2.31. The molecule has 0 bridgehead atoms. The predicted molar refractivity (Wildman–Crippen MR) is 74.9 cm³/mol. The molecule has 1 aromatic carbocycles. The van der Waals surface area contributed by atoms with Gasteiger partial charge in [-0.15, -0.1) is 11.6 Å². The van der Waals surface area contributed by atoms with Gasteiger partial charge in [0.05, 0.1) is 11.5 Å². The molecule has 0 unspecified atom stereocenters. The van der Waals surface area contributed by atoms with Crippen molar-refractivity contribution in [3.63, 3.8) is 0 Å². The standard InChI is InChI=1S/C15H19ClO2/c1-5-14(17)18-10-9-12-7-6-8-13(11(12)2)15(3,4)16/h5-8H,1,9-10H2,2-4H3. The van der Waals surface area contributed by atoms with Crippen LogP contribution in [0.25, 0.3) is 0 Å². The van der Waals surface area contributed by atoms with E-state index in [-0.39, 0.29) is 5.97 Å². The van der Waals surface area contributed by atoms with Crippen molar-refractivity contribution in [1.29, 1.82) is 0 Å². The first kappa shape index (κ1) is 14.8. The quantitative estimate of drug-likeness (QED) is 0.461. The van der Waals surface area contributed by atoms with Crippen LogP contribution in [0.3, 0.4) is 0 Å². The first-order valence-electron chi connectivity index (χ1n) is 5.93. The minimum absolute atomic E-state index is 0.359. The molecule has 1 rings (SSSR count). The van der Waals surface area contributed by atoms with Gasteiger partial charge in [-0.2, -0.15) is 0 Å². The van der Waals surface area contributed by atoms with Crippen LogP contribution in [0, 0.1) is 6.92 Å². The van der Waals surface area contributed by atoms with Crippen molar-refractivity contribution < 1.29 is 9.53 Å². The van der Waals surface area contributed by atoms with E-state index in [4.69, 9.17) is 16.3 Å². The summed E-state index contributed by atoms with van der Waals surface area (Å²) in [4.78, 5) is 10.6. The van der Waals surface area contributed by atoms with Gasteiger partial charge in [0.15, 0.2) is 0 Å². The zero-order valence-electron chi connectivity index (χ0n) is 11.1. The van der Waals surface area contributed by atoms with E-state index in [1.54, 1.807) is 0 Å². The van der Waals surface area contributed by atoms with Gasteiger partial charge in [-0.05, 0) is 37.5 Å². The highest BCUT2D eigenvalue weighted by molar-refractivity contribution is 6.23. The molecule has 0 N–H and O–H groups in total. The van der Waals surface area contributed by atoms with Gasteiger partial charge in [0.25, 0.3) is 0 Å². The summed E-state index contributed by atoms with van der Waals surface area (Å²) in [6, 6.07) is 6.04. The molecule has 3 heteroatoms. The lowest BCUT2D eigenvalue weighted by atomic mass is 9.92. The maximum Gasteiger partial charge on any atom is 0.330 e. The maximum atomic E-state index is 11.0. The third-order valence-corrected chi connectivity index (χ3v) is 3.07. The van der Waals surface area contributed by atoms with Gasteiger partial charge in [-0.25, -0.2) is 4.79 Å². The Morgan fingerprint density at radius 2 is 2.17 bits per heavy atom. The number of carbonyl (C=O) groups excluding carboxylic acids is 1. The summed E-state index contributed by atoms with van der Waals surface area (Å²) in [6.45, 7) is 9.70. The average molecular weight is 267 g/mol. The third kappa shape index (κ3) is 3.88. The number of rotatable bonds is 5. The van der Waals surface area contributed by atoms with Crippen molar-refractivity contribution in [1.82, 2.24) is 0 Å². The molecule has 98 valence electrons. The Hall–Kier alpha value is -1.28. The van der Waals surface area contributed by atoms with E-state index >= 15 is 0 Å². The van der Waals surface area contributed by atoms with E-state index in [9.17, 15) is 4.79 Å². The number of ether oxygens (including phenoxy) is 1. The molecule has 2 nitrogen and oxygen atoms in total. The summed E-state index contributed by atoms with van der Waals surface area (Å²) in [5, 5.41) is 0. The second-order valence-corrected chi connectivity index (χ2v) is 5.63. The molecule has 0 aromatic heterocycles. The van der Waals surface area contributed by atoms with Crippen LogP contribution >= 0.6 is 11.6 Å². The fourth-order valence-electron chi connectivity index (χ4n) is 1.92. The zero-order valence-corrected chi connectivity index (χ0v) is 11.9. The third-order valence-electron chi connectivity index (χ3n) is 2.87. The molecule has 0 aliphatic rings. The van der Waals surface area contributed by atoms with Crippen LogP contribution in [0.5, 0.6) is 0 Å². The lowest BCUT2D eigenvalue weighted by molar-refractivity contribution is -0.137. The molecule has 0 aliphatic carbocycles. The van der Waals surface area contributed by atoms with Crippen molar-refractivity contribution >= 4 is 17.6 Å². The van der Waals surface area contributed by atoms with Crippen LogP contribution in [-0.2, 0) is 20.8 Å². The molecule has 1 aromatic rings. The maximum absolute atomic E-state index is 11.0. The Labute approximate surface area is 114 Å². The molecule has 18 heavy (non-hydrogen) atoms. The first-order chi connectivity index (χ1) is 8.36. The molecular formula is C15H19ClO2. The van der Waals surface area contributed by atoms with E-state index in [1.807, 2.05) is 39.0 Å². The first-order valence-corrected chi connectivity index (χ1v) is 6.31. The van der Waals surface area contributed by atoms with Crippen molar-refractivity contribution in [3.8, 4) is 0 Å². The molecule has 0 spiro atoms. The number of benzene rings is 1. The number of carbonyl (C=O) groups is 1. The van der Waals surface area contributed by atoms with E-state index in [0.717, 1.165) is 16.7 Å². The molecule has 0 radical (unpaired) electrons. The summed E-state index contributed by atoms with van der Waals surface area (Å²) >= 11 is 6.34. The van der Waals surface area contributed by atoms with E-state index in [2.05, 4.69) is 6.58 Å². The fourth-order valence-corrected chi connectivity index (χ4v) is 2.12. The second-order valence-electron chi connectivity index (χ2n) is 4.68. The van der Waals surface area contributed by atoms with Crippen LogP contribution in [0.15, 0.2) is 30.9 Å². The molecule has 0 atom stereocenters. The Bertz CT molecular complexity index is 444. The molecule has 0 aliphatic heterocycles. The smallest absolute Gasteiger partial charge is 0.330 e. The lowest BCUT2D eigenvalue weighted by Gasteiger charge is -2.21. The van der Waals surface area contributed by atoms with Crippen molar-refractivity contribution in [3.05, 3.63) is 47.5 Å². The number of esters is 1. The molecule has 0 heterocycles. The number of alkyl halides is 1. The van der Waals surface area contributed by atoms with Crippen LogP contribution in [0.4, 0.5) is 0 Å². The number of halogens is 1. The fraction of sp³-hybridized carbons (Fsp3) is 0.400. The second kappa shape index (κ2) is 6.05. The molecule has 0 fully saturated rings. The molecule has 0 saturated carbocycles. The normalized spacial score (nSPS) is 11.1. The van der Waals surface area contributed by atoms with Gasteiger partial charge in [0.2, 0.25) is 0 Å². The molecule has 0 amide bonds. The molecule has 0 saturated heterocycles. The number of hydrogen-bond acceptors (Lipinski definition) is 2. The van der Waals surface area contributed by atoms with Gasteiger partial charge in [0.1, 0.15) is 0 Å². The minimum Gasteiger partial charge on any atom is -0.462 e. The highest BCUT2D eigenvalue weighted by atomic mass is 35.5. The molecular weight excluding hydrogens is 248 g/mol. The lowest BCUT2D eigenvalue weighted by Crippen LogP contribution is -2.12. The Kier molecular flexibility index (Phi) is 4.97. The Morgan fingerprint density at radius 1 is 1.50 bits per heavy atom. The summed E-state index contributed by atoms with van der Waals surface area (Å²) in [5.41, 5.74) is 3.42. The summed E-state index contributed by atoms with van der Waals surface area (Å²) in [5.74, 6) is -0.388. The van der Waals surface area contributed by atoms with E-state index in [1.165, 1.54) is 6.08 Å². The zero-order chi connectivity index (χ0) is 13.8. The predicted octanol–water partition coefficient (Wildman–Crippen LogP) is 3.74. The van der Waals surface area contributed by atoms with Crippen molar-refractivity contribution in [2.24, 2.45) is 0 Å². The van der Waals surface area contributed by atoms with Crippen molar-refractivity contribution in [2.75, 3.05) is 6.61 Å². The van der Waals surface area contributed by atoms with Gasteiger partial charge < -0.3 is 4.74 Å². The van der Waals surface area contributed by atoms with Crippen LogP contribution in [-0.4, -0.2) is 12.6 Å². The van der Waals surface area contributed by atoms with Crippen LogP contribution in [0.2, 0.25) is 0 Å².